The summed E-state index contributed by atoms with van der Waals surface area (Å²) in [6.07, 6.45) is 1.32. The molecule has 0 fully saturated rings. The van der Waals surface area contributed by atoms with Crippen molar-refractivity contribution in [2.45, 2.75) is 0 Å². The summed E-state index contributed by atoms with van der Waals surface area (Å²) in [6, 6.07) is 5.37. The first-order valence-electron chi connectivity index (χ1n) is 6.06. The second kappa shape index (κ2) is 5.94. The number of rotatable bonds is 3. The molecule has 0 radical (unpaired) electrons. The third-order valence-corrected chi connectivity index (χ3v) is 3.33. The molecule has 0 saturated heterocycles. The molecule has 1 aromatic carbocycles. The molecule has 8 nitrogen and oxygen atoms in total. The summed E-state index contributed by atoms with van der Waals surface area (Å²) in [6.45, 7) is 0. The Morgan fingerprint density at radius 3 is 2.55 bits per heavy atom. The minimum atomic E-state index is -0.603. The Kier molecular flexibility index (Phi) is 4.22. The van der Waals surface area contributed by atoms with Crippen molar-refractivity contribution in [2.24, 2.45) is 19.1 Å². The van der Waals surface area contributed by atoms with Crippen LogP contribution in [-0.4, -0.2) is 20.3 Å². The van der Waals surface area contributed by atoms with Crippen LogP contribution in [0.5, 0.6) is 0 Å². The van der Waals surface area contributed by atoms with Crippen molar-refractivity contribution < 1.29 is 4.92 Å². The maximum atomic E-state index is 11.8. The Morgan fingerprint density at radius 1 is 1.23 bits per heavy atom. The van der Waals surface area contributed by atoms with Crippen molar-refractivity contribution in [3.8, 4) is 0 Å². The number of hydrogen-bond acceptors (Lipinski definition) is 5. The predicted molar refractivity (Wildman–Crippen MR) is 82.3 cm³/mol. The highest BCUT2D eigenvalue weighted by atomic mass is 35.5. The van der Waals surface area contributed by atoms with E-state index < -0.39 is 16.2 Å². The molecule has 0 aliphatic carbocycles. The number of aromatic nitrogens is 2. The molecular formula is C13H11ClN4O4. The number of benzene rings is 1. The zero-order valence-corrected chi connectivity index (χ0v) is 12.4. The highest BCUT2D eigenvalue weighted by Gasteiger charge is 2.12. The van der Waals surface area contributed by atoms with Crippen LogP contribution >= 0.6 is 11.6 Å². The van der Waals surface area contributed by atoms with Gasteiger partial charge in [0.05, 0.1) is 4.92 Å². The van der Waals surface area contributed by atoms with Gasteiger partial charge in [0.15, 0.2) is 0 Å². The number of nitro benzene ring substituents is 1. The van der Waals surface area contributed by atoms with Gasteiger partial charge in [-0.15, -0.1) is 0 Å². The quantitative estimate of drug-likeness (QED) is 0.484. The number of halogens is 1. The minimum absolute atomic E-state index is 0.0168. The van der Waals surface area contributed by atoms with Gasteiger partial charge in [-0.2, -0.15) is 0 Å². The molecule has 2 rings (SSSR count). The molecule has 1 heterocycles. The van der Waals surface area contributed by atoms with E-state index in [9.17, 15) is 19.7 Å². The first-order chi connectivity index (χ1) is 10.3. The molecule has 114 valence electrons. The van der Waals surface area contributed by atoms with E-state index in [0.717, 1.165) is 4.57 Å². The average Bonchev–Trinajstić information content (AvgIpc) is 2.48. The Morgan fingerprint density at radius 2 is 1.91 bits per heavy atom. The molecule has 0 bridgehead atoms. The lowest BCUT2D eigenvalue weighted by Crippen LogP contribution is -2.35. The molecule has 0 aliphatic heterocycles. The molecule has 0 unspecified atom stereocenters. The molecule has 22 heavy (non-hydrogen) atoms. The van der Waals surface area contributed by atoms with Crippen LogP contribution < -0.4 is 11.2 Å². The summed E-state index contributed by atoms with van der Waals surface area (Å²) >= 11 is 5.72. The van der Waals surface area contributed by atoms with Crippen LogP contribution in [0.3, 0.4) is 0 Å². The largest absolute Gasteiger partial charge is 0.332 e. The van der Waals surface area contributed by atoms with E-state index in [4.69, 9.17) is 11.6 Å². The lowest BCUT2D eigenvalue weighted by atomic mass is 10.2. The summed E-state index contributed by atoms with van der Waals surface area (Å²) in [4.78, 5) is 37.6. The van der Waals surface area contributed by atoms with Gasteiger partial charge in [0.1, 0.15) is 10.8 Å². The van der Waals surface area contributed by atoms with Crippen molar-refractivity contribution in [3.63, 3.8) is 0 Å². The highest BCUT2D eigenvalue weighted by Crippen LogP contribution is 2.24. The van der Waals surface area contributed by atoms with E-state index in [1.165, 1.54) is 49.1 Å². The van der Waals surface area contributed by atoms with Crippen molar-refractivity contribution >= 4 is 29.3 Å². The van der Waals surface area contributed by atoms with Gasteiger partial charge < -0.3 is 0 Å². The fourth-order valence-electron chi connectivity index (χ4n) is 1.74. The number of hydrogen-bond donors (Lipinski definition) is 0. The zero-order valence-electron chi connectivity index (χ0n) is 11.7. The van der Waals surface area contributed by atoms with Crippen LogP contribution in [0.15, 0.2) is 38.8 Å². The molecule has 9 heteroatoms. The molecule has 1 aromatic heterocycles. The first-order valence-corrected chi connectivity index (χ1v) is 6.44. The first kappa shape index (κ1) is 15.6. The van der Waals surface area contributed by atoms with E-state index in [1.54, 1.807) is 0 Å². The summed E-state index contributed by atoms with van der Waals surface area (Å²) in [5.74, 6) is 0.144. The van der Waals surface area contributed by atoms with Crippen LogP contribution in [0.2, 0.25) is 5.02 Å². The van der Waals surface area contributed by atoms with Crippen molar-refractivity contribution in [3.05, 3.63) is 65.8 Å². The molecule has 0 amide bonds. The second-order valence-electron chi connectivity index (χ2n) is 4.47. The zero-order chi connectivity index (χ0) is 16.4. The van der Waals surface area contributed by atoms with E-state index in [0.29, 0.717) is 5.56 Å². The number of nitrogens with zero attached hydrogens (tertiary/aromatic N) is 4. The van der Waals surface area contributed by atoms with Crippen LogP contribution in [0.25, 0.3) is 0 Å². The fraction of sp³-hybridized carbons (Fsp3) is 0.154. The molecular weight excluding hydrogens is 312 g/mol. The van der Waals surface area contributed by atoms with E-state index >= 15 is 0 Å². The lowest BCUT2D eigenvalue weighted by Gasteiger charge is -2.04. The van der Waals surface area contributed by atoms with E-state index in [-0.39, 0.29) is 16.5 Å². The Hall–Kier alpha value is -2.74. The molecule has 0 spiro atoms. The minimum Gasteiger partial charge on any atom is -0.281 e. The Bertz CT molecular complexity index is 898. The molecule has 0 saturated carbocycles. The third-order valence-electron chi connectivity index (χ3n) is 3.01. The Labute approximate surface area is 129 Å². The highest BCUT2D eigenvalue weighted by molar-refractivity contribution is 6.32. The molecule has 2 aromatic rings. The smallest absolute Gasteiger partial charge is 0.281 e. The maximum Gasteiger partial charge on any atom is 0.332 e. The van der Waals surface area contributed by atoms with Crippen LogP contribution in [0.1, 0.15) is 5.56 Å². The van der Waals surface area contributed by atoms with Crippen molar-refractivity contribution in [1.82, 2.24) is 9.13 Å². The summed E-state index contributed by atoms with van der Waals surface area (Å²) in [5.41, 5.74) is -0.827. The lowest BCUT2D eigenvalue weighted by molar-refractivity contribution is -0.384. The summed E-state index contributed by atoms with van der Waals surface area (Å²) < 4.78 is 2.15. The van der Waals surface area contributed by atoms with Crippen molar-refractivity contribution in [1.29, 1.82) is 0 Å². The van der Waals surface area contributed by atoms with Gasteiger partial charge in [-0.3, -0.25) is 24.0 Å². The summed E-state index contributed by atoms with van der Waals surface area (Å²) in [7, 11) is 2.83. The number of aliphatic imine (C=N–C) groups is 1. The van der Waals surface area contributed by atoms with E-state index in [2.05, 4.69) is 4.99 Å². The van der Waals surface area contributed by atoms with Crippen LogP contribution in [-0.2, 0) is 14.1 Å². The molecule has 0 atom stereocenters. The van der Waals surface area contributed by atoms with Crippen molar-refractivity contribution in [2.75, 3.05) is 0 Å². The third kappa shape index (κ3) is 2.96. The second-order valence-corrected chi connectivity index (χ2v) is 4.87. The van der Waals surface area contributed by atoms with Gasteiger partial charge >= 0.3 is 5.69 Å². The maximum absolute atomic E-state index is 11.8. The van der Waals surface area contributed by atoms with Crippen LogP contribution in [0.4, 0.5) is 11.5 Å². The average molecular weight is 323 g/mol. The van der Waals surface area contributed by atoms with Gasteiger partial charge in [0.25, 0.3) is 11.2 Å². The van der Waals surface area contributed by atoms with Gasteiger partial charge in [-0.25, -0.2) is 9.79 Å². The van der Waals surface area contributed by atoms with E-state index in [1.807, 2.05) is 0 Å². The SMILES string of the molecule is Cn1c(N=Cc2ccc(Cl)c([N+](=O)[O-])c2)cc(=O)n(C)c1=O. The standard InChI is InChI=1S/C13H11ClN4O4/c1-16-11(6-12(19)17(2)13(16)20)15-7-8-3-4-9(14)10(5-8)18(21)22/h3-7H,1-2H3. The fourth-order valence-corrected chi connectivity index (χ4v) is 1.92. The van der Waals surface area contributed by atoms with Gasteiger partial charge in [0.2, 0.25) is 0 Å². The number of nitro groups is 1. The topological polar surface area (TPSA) is 99.5 Å². The molecule has 0 N–H and O–H groups in total. The summed E-state index contributed by atoms with van der Waals surface area (Å²) in [5, 5.41) is 10.8. The Balaban J connectivity index is 2.46. The normalized spacial score (nSPS) is 11.0. The van der Waals surface area contributed by atoms with Gasteiger partial charge in [-0.1, -0.05) is 17.7 Å². The van der Waals surface area contributed by atoms with Gasteiger partial charge in [-0.05, 0) is 11.6 Å². The van der Waals surface area contributed by atoms with Crippen LogP contribution in [0, 0.1) is 10.1 Å². The monoisotopic (exact) mass is 322 g/mol. The predicted octanol–water partition coefficient (Wildman–Crippen LogP) is 1.40. The molecule has 0 aliphatic rings. The van der Waals surface area contributed by atoms with Gasteiger partial charge in [0, 0.05) is 32.4 Å².